The van der Waals surface area contributed by atoms with Crippen LogP contribution in [-0.4, -0.2) is 30.7 Å². The molecule has 7 heteroatoms. The molecule has 0 aliphatic heterocycles. The molecular formula is C11H18N2O3S2. The summed E-state index contributed by atoms with van der Waals surface area (Å²) in [4.78, 5) is 0.189. The minimum absolute atomic E-state index is 0.157. The predicted octanol–water partition coefficient (Wildman–Crippen LogP) is 0.191. The van der Waals surface area contributed by atoms with Crippen LogP contribution in [0.1, 0.15) is 12.5 Å². The van der Waals surface area contributed by atoms with Gasteiger partial charge in [0.05, 0.1) is 4.90 Å². The molecule has 1 aromatic rings. The van der Waals surface area contributed by atoms with E-state index in [2.05, 4.69) is 4.72 Å². The summed E-state index contributed by atoms with van der Waals surface area (Å²) < 4.78 is 37.4. The number of sulfonamides is 1. The zero-order chi connectivity index (χ0) is 13.8. The van der Waals surface area contributed by atoms with Gasteiger partial charge < -0.3 is 5.73 Å². The highest BCUT2D eigenvalue weighted by Crippen LogP contribution is 2.10. The van der Waals surface area contributed by atoms with E-state index in [1.807, 2.05) is 0 Å². The second-order valence-electron chi connectivity index (χ2n) is 4.01. The fraction of sp³-hybridized carbons (Fsp3) is 0.455. The summed E-state index contributed by atoms with van der Waals surface area (Å²) in [7, 11) is -4.59. The van der Waals surface area contributed by atoms with Crippen LogP contribution in [0, 0.1) is 0 Å². The molecule has 0 spiro atoms. The number of hydrogen-bond acceptors (Lipinski definition) is 4. The van der Waals surface area contributed by atoms with Crippen molar-refractivity contribution in [3.05, 3.63) is 29.8 Å². The van der Waals surface area contributed by atoms with Crippen LogP contribution in [0.15, 0.2) is 29.2 Å². The predicted molar refractivity (Wildman–Crippen MR) is 73.1 cm³/mol. The first-order valence-corrected chi connectivity index (χ1v) is 8.58. The molecule has 2 atom stereocenters. The molecule has 0 aliphatic rings. The molecule has 1 rings (SSSR count). The Morgan fingerprint density at radius 1 is 1.33 bits per heavy atom. The van der Waals surface area contributed by atoms with E-state index in [0.717, 1.165) is 5.56 Å². The Kier molecular flexibility index (Phi) is 5.46. The monoisotopic (exact) mass is 290 g/mol. The SMILES string of the molecule is CC(CNS(=O)(=O)c1ccc(CN)cc1)S(C)=O. The maximum atomic E-state index is 11.9. The van der Waals surface area contributed by atoms with Gasteiger partial charge in [-0.15, -0.1) is 0 Å². The van der Waals surface area contributed by atoms with Crippen molar-refractivity contribution in [3.63, 3.8) is 0 Å². The van der Waals surface area contributed by atoms with E-state index >= 15 is 0 Å². The van der Waals surface area contributed by atoms with Crippen molar-refractivity contribution < 1.29 is 12.6 Å². The van der Waals surface area contributed by atoms with E-state index in [9.17, 15) is 12.6 Å². The van der Waals surface area contributed by atoms with Crippen molar-refractivity contribution in [1.29, 1.82) is 0 Å². The molecule has 102 valence electrons. The van der Waals surface area contributed by atoms with Gasteiger partial charge in [0, 0.05) is 35.4 Å². The molecule has 5 nitrogen and oxygen atoms in total. The fourth-order valence-electron chi connectivity index (χ4n) is 1.23. The molecule has 3 N–H and O–H groups in total. The van der Waals surface area contributed by atoms with Gasteiger partial charge >= 0.3 is 0 Å². The lowest BCUT2D eigenvalue weighted by Gasteiger charge is -2.10. The van der Waals surface area contributed by atoms with E-state index in [1.165, 1.54) is 12.1 Å². The zero-order valence-electron chi connectivity index (χ0n) is 10.4. The highest BCUT2D eigenvalue weighted by atomic mass is 32.2. The lowest BCUT2D eigenvalue weighted by Crippen LogP contribution is -2.32. The molecule has 0 amide bonds. The Morgan fingerprint density at radius 3 is 2.33 bits per heavy atom. The van der Waals surface area contributed by atoms with Crippen LogP contribution in [-0.2, 0) is 27.4 Å². The average Bonchev–Trinajstić information content (AvgIpc) is 2.36. The summed E-state index contributed by atoms with van der Waals surface area (Å²) in [6, 6.07) is 6.38. The van der Waals surface area contributed by atoms with Gasteiger partial charge in [-0.25, -0.2) is 13.1 Å². The molecule has 0 aromatic heterocycles. The Hall–Kier alpha value is -0.760. The van der Waals surface area contributed by atoms with Gasteiger partial charge in [-0.2, -0.15) is 0 Å². The average molecular weight is 290 g/mol. The van der Waals surface area contributed by atoms with Crippen molar-refractivity contribution in [1.82, 2.24) is 4.72 Å². The Morgan fingerprint density at radius 2 is 1.89 bits per heavy atom. The summed E-state index contributed by atoms with van der Waals surface area (Å²) in [6.45, 7) is 2.26. The van der Waals surface area contributed by atoms with E-state index in [1.54, 1.807) is 25.3 Å². The van der Waals surface area contributed by atoms with Crippen molar-refractivity contribution in [2.45, 2.75) is 23.6 Å². The second kappa shape index (κ2) is 6.42. The van der Waals surface area contributed by atoms with Gasteiger partial charge in [0.25, 0.3) is 0 Å². The summed E-state index contributed by atoms with van der Waals surface area (Å²) in [5.74, 6) is 0. The van der Waals surface area contributed by atoms with Crippen molar-refractivity contribution >= 4 is 20.8 Å². The van der Waals surface area contributed by atoms with Gasteiger partial charge in [0.2, 0.25) is 10.0 Å². The number of rotatable bonds is 6. The van der Waals surface area contributed by atoms with Crippen LogP contribution in [0.25, 0.3) is 0 Å². The first-order chi connectivity index (χ1) is 8.36. The molecule has 0 aliphatic carbocycles. The van der Waals surface area contributed by atoms with Crippen LogP contribution in [0.2, 0.25) is 0 Å². The Balaban J connectivity index is 2.76. The minimum Gasteiger partial charge on any atom is -0.326 e. The van der Waals surface area contributed by atoms with Crippen LogP contribution in [0.5, 0.6) is 0 Å². The molecular weight excluding hydrogens is 272 g/mol. The van der Waals surface area contributed by atoms with E-state index < -0.39 is 20.8 Å². The summed E-state index contributed by atoms with van der Waals surface area (Å²) in [5.41, 5.74) is 6.31. The molecule has 0 fully saturated rings. The van der Waals surface area contributed by atoms with Crippen LogP contribution >= 0.6 is 0 Å². The molecule has 2 unspecified atom stereocenters. The fourth-order valence-corrected chi connectivity index (χ4v) is 2.79. The highest BCUT2D eigenvalue weighted by Gasteiger charge is 2.16. The third-order valence-electron chi connectivity index (χ3n) is 2.60. The lowest BCUT2D eigenvalue weighted by molar-refractivity contribution is 0.580. The van der Waals surface area contributed by atoms with Gasteiger partial charge in [-0.3, -0.25) is 4.21 Å². The third kappa shape index (κ3) is 4.16. The van der Waals surface area contributed by atoms with Gasteiger partial charge in [-0.1, -0.05) is 12.1 Å². The molecule has 0 bridgehead atoms. The highest BCUT2D eigenvalue weighted by molar-refractivity contribution is 7.89. The number of benzene rings is 1. The molecule has 1 aromatic carbocycles. The van der Waals surface area contributed by atoms with Crippen molar-refractivity contribution in [3.8, 4) is 0 Å². The van der Waals surface area contributed by atoms with E-state index in [0.29, 0.717) is 6.54 Å². The van der Waals surface area contributed by atoms with E-state index in [4.69, 9.17) is 5.73 Å². The second-order valence-corrected chi connectivity index (χ2v) is 7.58. The van der Waals surface area contributed by atoms with Gasteiger partial charge in [0.1, 0.15) is 0 Å². The number of nitrogens with two attached hydrogens (primary N) is 1. The minimum atomic E-state index is -3.54. The molecule has 0 saturated heterocycles. The molecule has 18 heavy (non-hydrogen) atoms. The first-order valence-electron chi connectivity index (χ1n) is 5.47. The Labute approximate surface area is 110 Å². The van der Waals surface area contributed by atoms with Crippen LogP contribution in [0.3, 0.4) is 0 Å². The summed E-state index contributed by atoms with van der Waals surface area (Å²) >= 11 is 0. The third-order valence-corrected chi connectivity index (χ3v) is 5.34. The van der Waals surface area contributed by atoms with Crippen LogP contribution in [0.4, 0.5) is 0 Å². The Bertz CT molecular complexity index is 512. The van der Waals surface area contributed by atoms with Gasteiger partial charge in [0.15, 0.2) is 0 Å². The molecule has 0 radical (unpaired) electrons. The summed E-state index contributed by atoms with van der Waals surface area (Å²) in [6.07, 6.45) is 1.55. The van der Waals surface area contributed by atoms with E-state index in [-0.39, 0.29) is 16.7 Å². The molecule has 0 saturated carbocycles. The van der Waals surface area contributed by atoms with Gasteiger partial charge in [-0.05, 0) is 24.6 Å². The number of nitrogens with one attached hydrogen (secondary N) is 1. The maximum Gasteiger partial charge on any atom is 0.240 e. The quantitative estimate of drug-likeness (QED) is 0.782. The lowest BCUT2D eigenvalue weighted by atomic mass is 10.2. The largest absolute Gasteiger partial charge is 0.326 e. The maximum absolute atomic E-state index is 11.9. The molecule has 0 heterocycles. The number of hydrogen-bond donors (Lipinski definition) is 2. The van der Waals surface area contributed by atoms with Crippen molar-refractivity contribution in [2.75, 3.05) is 12.8 Å². The standard InChI is InChI=1S/C11H18N2O3S2/c1-9(17(2)14)8-13-18(15,16)11-5-3-10(7-12)4-6-11/h3-6,9,13H,7-8,12H2,1-2H3. The smallest absolute Gasteiger partial charge is 0.240 e. The normalized spacial score (nSPS) is 15.3. The zero-order valence-corrected chi connectivity index (χ0v) is 12.1. The topological polar surface area (TPSA) is 89.3 Å². The summed E-state index contributed by atoms with van der Waals surface area (Å²) in [5, 5.41) is -0.219. The first kappa shape index (κ1) is 15.3. The van der Waals surface area contributed by atoms with Crippen molar-refractivity contribution in [2.24, 2.45) is 5.73 Å². The van der Waals surface area contributed by atoms with Crippen LogP contribution < -0.4 is 10.5 Å².